The van der Waals surface area contributed by atoms with Crippen LogP contribution in [0.25, 0.3) is 0 Å². The summed E-state index contributed by atoms with van der Waals surface area (Å²) < 4.78 is 94.1. The first-order valence-corrected chi connectivity index (χ1v) is 14.5. The predicted molar refractivity (Wildman–Crippen MR) is 154 cm³/mol. The lowest BCUT2D eigenvalue weighted by Crippen LogP contribution is -2.45. The number of halogens is 4. The molecule has 0 fully saturated rings. The van der Waals surface area contributed by atoms with Crippen LogP contribution in [0.15, 0.2) is 65.6 Å². The summed E-state index contributed by atoms with van der Waals surface area (Å²) in [6.45, 7) is 5.45. The number of amides is 1. The summed E-state index contributed by atoms with van der Waals surface area (Å²) in [6, 6.07) is 10.5. The van der Waals surface area contributed by atoms with Crippen LogP contribution in [0.5, 0.6) is 17.2 Å². The highest BCUT2D eigenvalue weighted by Crippen LogP contribution is 2.34. The van der Waals surface area contributed by atoms with Crippen LogP contribution in [-0.4, -0.2) is 45.0 Å². The van der Waals surface area contributed by atoms with Gasteiger partial charge in [0.15, 0.2) is 11.5 Å². The van der Waals surface area contributed by atoms with Gasteiger partial charge in [0.25, 0.3) is 15.9 Å². The van der Waals surface area contributed by atoms with Crippen LogP contribution >= 0.6 is 0 Å². The Morgan fingerprint density at radius 2 is 1.69 bits per heavy atom. The standard InChI is InChI=1S/C28H29F4N5O7S/c1-4-42-22-13-16(9-12-20(22)43-15(2)3)24(26(38)36-37-45(40,41)23-8-6-5-7-19(23)29)35-17-10-11-18(25(33)34)21(14-17)44-27(39)28(30,31)32/h5-15,24,35,37H,4H2,1-3H3,(H3,33,34)(H,36,38). The largest absolute Gasteiger partial charge is 0.491 e. The Kier molecular flexibility index (Phi) is 11.0. The van der Waals surface area contributed by atoms with E-state index in [1.165, 1.54) is 36.4 Å². The number of hydrazine groups is 1. The van der Waals surface area contributed by atoms with Crippen molar-refractivity contribution in [2.75, 3.05) is 11.9 Å². The summed E-state index contributed by atoms with van der Waals surface area (Å²) >= 11 is 0. The van der Waals surface area contributed by atoms with E-state index in [4.69, 9.17) is 20.6 Å². The van der Waals surface area contributed by atoms with Crippen molar-refractivity contribution in [1.29, 1.82) is 5.41 Å². The van der Waals surface area contributed by atoms with Crippen molar-refractivity contribution < 1.29 is 49.8 Å². The lowest BCUT2D eigenvalue weighted by molar-refractivity contribution is -0.189. The number of nitrogens with two attached hydrogens (primary N) is 1. The average molecular weight is 656 g/mol. The van der Waals surface area contributed by atoms with Gasteiger partial charge in [-0.25, -0.2) is 17.6 Å². The second kappa shape index (κ2) is 14.3. The number of anilines is 1. The molecule has 1 unspecified atom stereocenters. The molecule has 0 aliphatic heterocycles. The molecule has 3 aromatic rings. The Morgan fingerprint density at radius 1 is 1.00 bits per heavy atom. The van der Waals surface area contributed by atoms with Gasteiger partial charge in [0.2, 0.25) is 0 Å². The van der Waals surface area contributed by atoms with Gasteiger partial charge in [-0.1, -0.05) is 18.2 Å². The highest BCUT2D eigenvalue weighted by molar-refractivity contribution is 7.89. The molecule has 6 N–H and O–H groups in total. The van der Waals surface area contributed by atoms with Crippen molar-refractivity contribution in [3.63, 3.8) is 0 Å². The number of carbonyl (C=O) groups excluding carboxylic acids is 2. The first-order valence-electron chi connectivity index (χ1n) is 13.1. The van der Waals surface area contributed by atoms with Crippen LogP contribution in [0.4, 0.5) is 23.2 Å². The Balaban J connectivity index is 2.04. The molecule has 0 heterocycles. The van der Waals surface area contributed by atoms with Crippen LogP contribution in [0, 0.1) is 11.2 Å². The quantitative estimate of drug-likeness (QED) is 0.0455. The fraction of sp³-hybridized carbons (Fsp3) is 0.250. The van der Waals surface area contributed by atoms with E-state index in [0.717, 1.165) is 24.3 Å². The lowest BCUT2D eigenvalue weighted by Gasteiger charge is -2.23. The number of hydrogen-bond donors (Lipinski definition) is 5. The van der Waals surface area contributed by atoms with E-state index in [1.807, 2.05) is 5.43 Å². The van der Waals surface area contributed by atoms with E-state index in [0.29, 0.717) is 5.75 Å². The summed E-state index contributed by atoms with van der Waals surface area (Å²) in [5, 5.41) is 10.4. The van der Waals surface area contributed by atoms with Crippen LogP contribution in [0.2, 0.25) is 0 Å². The SMILES string of the molecule is CCOc1cc(C(Nc2ccc(C(=N)N)c(OC(=O)C(F)(F)F)c2)C(=O)NNS(=O)(=O)c2ccccc2F)ccc1OC(C)C. The topological polar surface area (TPSA) is 182 Å². The summed E-state index contributed by atoms with van der Waals surface area (Å²) in [7, 11) is -4.59. The van der Waals surface area contributed by atoms with Crippen LogP contribution in [-0.2, 0) is 19.6 Å². The van der Waals surface area contributed by atoms with Crippen molar-refractivity contribution in [3.05, 3.63) is 77.6 Å². The maximum atomic E-state index is 14.2. The normalized spacial score (nSPS) is 12.3. The van der Waals surface area contributed by atoms with E-state index < -0.39 is 56.4 Å². The van der Waals surface area contributed by atoms with Gasteiger partial charge in [-0.3, -0.25) is 15.6 Å². The number of nitrogen functional groups attached to an aromatic ring is 1. The predicted octanol–water partition coefficient (Wildman–Crippen LogP) is 3.93. The number of amidine groups is 1. The molecule has 1 amide bonds. The minimum atomic E-state index is -5.37. The molecule has 0 aliphatic rings. The van der Waals surface area contributed by atoms with E-state index in [-0.39, 0.29) is 35.3 Å². The van der Waals surface area contributed by atoms with Crippen molar-refractivity contribution in [2.45, 2.75) is 44.0 Å². The van der Waals surface area contributed by atoms with Gasteiger partial charge in [0.1, 0.15) is 28.3 Å². The molecule has 0 saturated heterocycles. The number of esters is 1. The highest BCUT2D eigenvalue weighted by atomic mass is 32.2. The van der Waals surface area contributed by atoms with Gasteiger partial charge in [0, 0.05) is 11.8 Å². The number of hydrogen-bond acceptors (Lipinski definition) is 9. The zero-order valence-electron chi connectivity index (χ0n) is 24.0. The molecule has 0 radical (unpaired) electrons. The molecule has 0 bridgehead atoms. The molecular formula is C28H29F4N5O7S. The molecule has 1 atom stereocenters. The minimum absolute atomic E-state index is 0.109. The van der Waals surface area contributed by atoms with Crippen LogP contribution in [0.1, 0.15) is 37.9 Å². The highest BCUT2D eigenvalue weighted by Gasteiger charge is 2.42. The van der Waals surface area contributed by atoms with E-state index in [9.17, 15) is 35.6 Å². The van der Waals surface area contributed by atoms with Gasteiger partial charge >= 0.3 is 12.1 Å². The molecule has 242 valence electrons. The molecule has 0 aromatic heterocycles. The monoisotopic (exact) mass is 655 g/mol. The average Bonchev–Trinajstić information content (AvgIpc) is 2.95. The maximum absolute atomic E-state index is 14.2. The van der Waals surface area contributed by atoms with Crippen LogP contribution < -0.4 is 35.5 Å². The molecule has 3 rings (SSSR count). The summed E-state index contributed by atoms with van der Waals surface area (Å²) in [4.78, 5) is 26.1. The number of sulfonamides is 1. The zero-order valence-corrected chi connectivity index (χ0v) is 24.8. The number of carbonyl (C=O) groups is 2. The van der Waals surface area contributed by atoms with Gasteiger partial charge in [-0.2, -0.15) is 13.2 Å². The second-order valence-corrected chi connectivity index (χ2v) is 11.1. The Labute approximate surface area is 255 Å². The summed E-state index contributed by atoms with van der Waals surface area (Å²) in [5.74, 6) is -5.65. The number of alkyl halides is 3. The van der Waals surface area contributed by atoms with Crippen molar-refractivity contribution in [1.82, 2.24) is 10.3 Å². The van der Waals surface area contributed by atoms with Gasteiger partial charge in [-0.15, -0.1) is 4.83 Å². The van der Waals surface area contributed by atoms with Crippen molar-refractivity contribution in [2.24, 2.45) is 5.73 Å². The van der Waals surface area contributed by atoms with Gasteiger partial charge in [0.05, 0.1) is 18.3 Å². The third kappa shape index (κ3) is 9.05. The second-order valence-electron chi connectivity index (χ2n) is 9.42. The first kappa shape index (κ1) is 34.6. The summed E-state index contributed by atoms with van der Waals surface area (Å²) in [6.07, 6.45) is -5.62. The van der Waals surface area contributed by atoms with Crippen molar-refractivity contribution in [3.8, 4) is 17.2 Å². The molecular weight excluding hydrogens is 626 g/mol. The van der Waals surface area contributed by atoms with E-state index >= 15 is 0 Å². The number of ether oxygens (including phenoxy) is 3. The van der Waals surface area contributed by atoms with Crippen molar-refractivity contribution >= 4 is 33.4 Å². The fourth-order valence-electron chi connectivity index (χ4n) is 3.77. The Morgan fingerprint density at radius 3 is 2.29 bits per heavy atom. The number of rotatable bonds is 13. The smallest absolute Gasteiger partial charge is 0.490 e. The lowest BCUT2D eigenvalue weighted by atomic mass is 10.0. The minimum Gasteiger partial charge on any atom is -0.490 e. The Hall–Kier alpha value is -4.90. The third-order valence-electron chi connectivity index (χ3n) is 5.68. The fourth-order valence-corrected chi connectivity index (χ4v) is 4.70. The number of benzene rings is 3. The summed E-state index contributed by atoms with van der Waals surface area (Å²) in [5.41, 5.74) is 7.12. The van der Waals surface area contributed by atoms with Crippen LogP contribution in [0.3, 0.4) is 0 Å². The first-order chi connectivity index (χ1) is 21.0. The maximum Gasteiger partial charge on any atom is 0.491 e. The zero-order chi connectivity index (χ0) is 33.5. The molecule has 45 heavy (non-hydrogen) atoms. The molecule has 0 spiro atoms. The number of nitrogens with one attached hydrogen (secondary N) is 4. The third-order valence-corrected chi connectivity index (χ3v) is 6.96. The molecule has 0 saturated carbocycles. The molecule has 12 nitrogen and oxygen atoms in total. The molecule has 17 heteroatoms. The van der Waals surface area contributed by atoms with E-state index in [1.54, 1.807) is 25.6 Å². The molecule has 3 aromatic carbocycles. The van der Waals surface area contributed by atoms with E-state index in [2.05, 4.69) is 10.1 Å². The van der Waals surface area contributed by atoms with Gasteiger partial charge in [-0.05, 0) is 62.7 Å². The molecule has 0 aliphatic carbocycles. The van der Waals surface area contributed by atoms with Gasteiger partial charge < -0.3 is 25.3 Å². The Bertz CT molecular complexity index is 1680.